The van der Waals surface area contributed by atoms with Crippen LogP contribution in [0.15, 0.2) is 174 Å². The molecule has 2 heterocycles. The lowest BCUT2D eigenvalue weighted by atomic mass is 9.91. The Labute approximate surface area is 283 Å². The Morgan fingerprint density at radius 3 is 1.41 bits per heavy atom. The Morgan fingerprint density at radius 2 is 0.776 bits per heavy atom. The first kappa shape index (κ1) is 27.5. The molecule has 0 spiro atoms. The standard InChI is InChI=1S/C46H28N2O/c1-4-13-29(14-5-1)32-19-12-20-33(23-32)40-28-41(48-46(47-40)31-17-8-3-9-18-31)35-25-39-37-22-11-10-21-36(37)38-24-34(30-15-6-2-7-16-30)26-42-44(38)45(39)43(27-35)49-42/h1-28H. The molecule has 0 aliphatic rings. The van der Waals surface area contributed by atoms with Gasteiger partial charge in [-0.2, -0.15) is 0 Å². The average Bonchev–Trinajstić information content (AvgIpc) is 3.57. The molecule has 10 aromatic rings. The van der Waals surface area contributed by atoms with E-state index in [4.69, 9.17) is 14.4 Å². The van der Waals surface area contributed by atoms with Gasteiger partial charge in [0.05, 0.1) is 11.4 Å². The van der Waals surface area contributed by atoms with Gasteiger partial charge in [0.15, 0.2) is 5.82 Å². The molecule has 0 N–H and O–H groups in total. The van der Waals surface area contributed by atoms with Crippen LogP contribution in [0.1, 0.15) is 0 Å². The number of rotatable bonds is 5. The molecule has 3 nitrogen and oxygen atoms in total. The van der Waals surface area contributed by atoms with E-state index in [2.05, 4.69) is 146 Å². The van der Waals surface area contributed by atoms with E-state index < -0.39 is 0 Å². The zero-order valence-electron chi connectivity index (χ0n) is 26.5. The van der Waals surface area contributed by atoms with E-state index in [0.29, 0.717) is 5.82 Å². The molecule has 10 rings (SSSR count). The molecule has 3 heteroatoms. The second-order valence-corrected chi connectivity index (χ2v) is 12.6. The molecular formula is C46H28N2O. The minimum absolute atomic E-state index is 0.687. The van der Waals surface area contributed by atoms with Gasteiger partial charge < -0.3 is 4.42 Å². The van der Waals surface area contributed by atoms with Gasteiger partial charge in [-0.1, -0.05) is 133 Å². The monoisotopic (exact) mass is 624 g/mol. The lowest BCUT2D eigenvalue weighted by Crippen LogP contribution is -1.96. The number of benzene rings is 8. The molecule has 0 saturated carbocycles. The van der Waals surface area contributed by atoms with Gasteiger partial charge in [0.25, 0.3) is 0 Å². The van der Waals surface area contributed by atoms with E-state index in [1.807, 2.05) is 24.3 Å². The molecule has 8 aromatic carbocycles. The van der Waals surface area contributed by atoms with Crippen LogP contribution in [0, 0.1) is 0 Å². The predicted molar refractivity (Wildman–Crippen MR) is 203 cm³/mol. The molecule has 0 fully saturated rings. The largest absolute Gasteiger partial charge is 0.456 e. The van der Waals surface area contributed by atoms with Gasteiger partial charge in [-0.05, 0) is 80.2 Å². The van der Waals surface area contributed by atoms with Gasteiger partial charge in [-0.3, -0.25) is 0 Å². The van der Waals surface area contributed by atoms with E-state index in [-0.39, 0.29) is 0 Å². The van der Waals surface area contributed by atoms with Gasteiger partial charge in [-0.25, -0.2) is 9.97 Å². The number of hydrogen-bond donors (Lipinski definition) is 0. The minimum atomic E-state index is 0.687. The minimum Gasteiger partial charge on any atom is -0.456 e. The highest BCUT2D eigenvalue weighted by Crippen LogP contribution is 2.46. The maximum Gasteiger partial charge on any atom is 0.160 e. The van der Waals surface area contributed by atoms with Crippen molar-refractivity contribution in [3.8, 4) is 56.2 Å². The maximum absolute atomic E-state index is 6.76. The summed E-state index contributed by atoms with van der Waals surface area (Å²) >= 11 is 0. The fraction of sp³-hybridized carbons (Fsp3) is 0. The third kappa shape index (κ3) is 4.59. The molecule has 0 aliphatic carbocycles. The SMILES string of the molecule is c1ccc(-c2cccc(-c3cc(-c4cc5oc6cc(-c7ccccc7)cc7c8ccccc8c(c4)c5c67)nc(-c4ccccc4)n3)c2)cc1. The second-order valence-electron chi connectivity index (χ2n) is 12.6. The Hall–Kier alpha value is -6.58. The fourth-order valence-corrected chi connectivity index (χ4v) is 7.30. The topological polar surface area (TPSA) is 38.9 Å². The summed E-state index contributed by atoms with van der Waals surface area (Å²) in [5.74, 6) is 0.687. The van der Waals surface area contributed by atoms with E-state index >= 15 is 0 Å². The average molecular weight is 625 g/mol. The summed E-state index contributed by atoms with van der Waals surface area (Å²) in [5, 5.41) is 7.10. The fourth-order valence-electron chi connectivity index (χ4n) is 7.30. The van der Waals surface area contributed by atoms with Crippen molar-refractivity contribution in [1.82, 2.24) is 9.97 Å². The molecule has 0 aliphatic heterocycles. The summed E-state index contributed by atoms with van der Waals surface area (Å²) in [6.07, 6.45) is 0. The van der Waals surface area contributed by atoms with E-state index in [1.165, 1.54) is 32.7 Å². The van der Waals surface area contributed by atoms with Crippen LogP contribution in [-0.2, 0) is 0 Å². The van der Waals surface area contributed by atoms with Crippen LogP contribution in [0.3, 0.4) is 0 Å². The molecular weight excluding hydrogens is 597 g/mol. The van der Waals surface area contributed by atoms with Crippen molar-refractivity contribution in [1.29, 1.82) is 0 Å². The Kier molecular flexibility index (Phi) is 6.18. The van der Waals surface area contributed by atoms with Crippen LogP contribution < -0.4 is 0 Å². The summed E-state index contributed by atoms with van der Waals surface area (Å²) in [5.41, 5.74) is 11.1. The highest BCUT2D eigenvalue weighted by molar-refractivity contribution is 6.34. The second kappa shape index (κ2) is 11.0. The van der Waals surface area contributed by atoms with Crippen molar-refractivity contribution in [3.05, 3.63) is 170 Å². The van der Waals surface area contributed by atoms with Crippen molar-refractivity contribution in [3.63, 3.8) is 0 Å². The Morgan fingerprint density at radius 1 is 0.306 bits per heavy atom. The highest BCUT2D eigenvalue weighted by Gasteiger charge is 2.21. The first-order valence-corrected chi connectivity index (χ1v) is 16.6. The van der Waals surface area contributed by atoms with Gasteiger partial charge in [0.2, 0.25) is 0 Å². The molecule has 0 saturated heterocycles. The van der Waals surface area contributed by atoms with Crippen LogP contribution in [0.25, 0.3) is 99.6 Å². The Balaban J connectivity index is 1.22. The van der Waals surface area contributed by atoms with Crippen LogP contribution in [0.2, 0.25) is 0 Å². The van der Waals surface area contributed by atoms with Crippen molar-refractivity contribution >= 4 is 43.5 Å². The first-order chi connectivity index (χ1) is 24.3. The molecule has 228 valence electrons. The van der Waals surface area contributed by atoms with E-state index in [1.54, 1.807) is 0 Å². The van der Waals surface area contributed by atoms with Gasteiger partial charge in [0, 0.05) is 27.5 Å². The van der Waals surface area contributed by atoms with Crippen molar-refractivity contribution in [2.45, 2.75) is 0 Å². The molecule has 2 aromatic heterocycles. The molecule has 0 unspecified atom stereocenters. The lowest BCUT2D eigenvalue weighted by molar-refractivity contribution is 0.669. The Bertz CT molecular complexity index is 2800. The molecule has 49 heavy (non-hydrogen) atoms. The van der Waals surface area contributed by atoms with Crippen molar-refractivity contribution in [2.24, 2.45) is 0 Å². The third-order valence-electron chi connectivity index (χ3n) is 9.61. The number of aromatic nitrogens is 2. The quantitative estimate of drug-likeness (QED) is 0.179. The predicted octanol–water partition coefficient (Wildman–Crippen LogP) is 12.5. The van der Waals surface area contributed by atoms with Crippen LogP contribution >= 0.6 is 0 Å². The van der Waals surface area contributed by atoms with Crippen LogP contribution in [-0.4, -0.2) is 9.97 Å². The van der Waals surface area contributed by atoms with Crippen LogP contribution in [0.4, 0.5) is 0 Å². The number of hydrogen-bond acceptors (Lipinski definition) is 3. The van der Waals surface area contributed by atoms with Gasteiger partial charge in [0.1, 0.15) is 11.2 Å². The first-order valence-electron chi connectivity index (χ1n) is 16.6. The third-order valence-corrected chi connectivity index (χ3v) is 9.61. The van der Waals surface area contributed by atoms with Gasteiger partial charge >= 0.3 is 0 Å². The van der Waals surface area contributed by atoms with E-state index in [9.17, 15) is 0 Å². The number of fused-ring (bicyclic) bond motifs is 3. The zero-order valence-corrected chi connectivity index (χ0v) is 26.5. The number of furan rings is 1. The van der Waals surface area contributed by atoms with Crippen molar-refractivity contribution < 1.29 is 4.42 Å². The molecule has 0 bridgehead atoms. The maximum atomic E-state index is 6.76. The smallest absolute Gasteiger partial charge is 0.160 e. The number of nitrogens with zero attached hydrogens (tertiary/aromatic N) is 2. The summed E-state index contributed by atoms with van der Waals surface area (Å²) in [6.45, 7) is 0. The normalized spacial score (nSPS) is 11.7. The van der Waals surface area contributed by atoms with Crippen LogP contribution in [0.5, 0.6) is 0 Å². The van der Waals surface area contributed by atoms with E-state index in [0.717, 1.165) is 61.1 Å². The summed E-state index contributed by atoms with van der Waals surface area (Å²) in [6, 6.07) is 59.5. The summed E-state index contributed by atoms with van der Waals surface area (Å²) < 4.78 is 6.76. The summed E-state index contributed by atoms with van der Waals surface area (Å²) in [4.78, 5) is 10.3. The van der Waals surface area contributed by atoms with Gasteiger partial charge in [-0.15, -0.1) is 0 Å². The zero-order chi connectivity index (χ0) is 32.3. The highest BCUT2D eigenvalue weighted by atomic mass is 16.3. The lowest BCUT2D eigenvalue weighted by Gasteiger charge is -2.13. The van der Waals surface area contributed by atoms with Crippen molar-refractivity contribution in [2.75, 3.05) is 0 Å². The molecule has 0 atom stereocenters. The molecule has 0 radical (unpaired) electrons. The molecule has 0 amide bonds. The summed E-state index contributed by atoms with van der Waals surface area (Å²) in [7, 11) is 0.